The highest BCUT2D eigenvalue weighted by Crippen LogP contribution is 2.36. The minimum atomic E-state index is -0.936. The third-order valence-electron chi connectivity index (χ3n) is 3.59. The summed E-state index contributed by atoms with van der Waals surface area (Å²) in [5.74, 6) is -0.629. The number of carbonyl (C=O) groups is 1. The van der Waals surface area contributed by atoms with E-state index in [-0.39, 0.29) is 5.69 Å². The summed E-state index contributed by atoms with van der Waals surface area (Å²) >= 11 is 3.20. The molecule has 0 amide bonds. The van der Waals surface area contributed by atoms with Crippen LogP contribution < -0.4 is 4.90 Å². The molecule has 20 heavy (non-hydrogen) atoms. The summed E-state index contributed by atoms with van der Waals surface area (Å²) in [5.41, 5.74) is 0.303. The van der Waals surface area contributed by atoms with Crippen molar-refractivity contribution in [1.82, 2.24) is 0 Å². The van der Waals surface area contributed by atoms with Gasteiger partial charge in [-0.2, -0.15) is 0 Å². The van der Waals surface area contributed by atoms with Crippen LogP contribution in [0.4, 0.5) is 11.4 Å². The molecular weight excluding hydrogens is 328 g/mol. The zero-order valence-electron chi connectivity index (χ0n) is 11.0. The van der Waals surface area contributed by atoms with Gasteiger partial charge >= 0.3 is 5.97 Å². The van der Waals surface area contributed by atoms with Crippen LogP contribution in [-0.2, 0) is 4.79 Å². The highest BCUT2D eigenvalue weighted by Gasteiger charge is 2.34. The molecule has 2 unspecified atom stereocenters. The molecule has 7 heteroatoms. The number of carboxylic acid groups (broad SMARTS) is 1. The summed E-state index contributed by atoms with van der Waals surface area (Å²) in [6.07, 6.45) is 1.33. The molecule has 0 radical (unpaired) electrons. The first-order valence-electron chi connectivity index (χ1n) is 6.33. The predicted octanol–water partition coefficient (Wildman–Crippen LogP) is 3.05. The van der Waals surface area contributed by atoms with Crippen molar-refractivity contribution in [1.29, 1.82) is 0 Å². The van der Waals surface area contributed by atoms with Crippen molar-refractivity contribution in [3.05, 3.63) is 32.8 Å². The fourth-order valence-corrected chi connectivity index (χ4v) is 2.90. The number of nitro groups is 1. The lowest BCUT2D eigenvalue weighted by Gasteiger charge is -2.37. The van der Waals surface area contributed by atoms with Gasteiger partial charge in [-0.3, -0.25) is 10.1 Å². The van der Waals surface area contributed by atoms with E-state index in [1.165, 1.54) is 6.07 Å². The number of aliphatic carboxylic acids is 1. The van der Waals surface area contributed by atoms with Crippen molar-refractivity contribution >= 4 is 33.3 Å². The maximum Gasteiger partial charge on any atom is 0.326 e. The molecule has 0 spiro atoms. The second-order valence-corrected chi connectivity index (χ2v) is 5.98. The van der Waals surface area contributed by atoms with Crippen molar-refractivity contribution < 1.29 is 14.8 Å². The van der Waals surface area contributed by atoms with Crippen LogP contribution >= 0.6 is 15.9 Å². The van der Waals surface area contributed by atoms with Crippen molar-refractivity contribution in [3.63, 3.8) is 0 Å². The third kappa shape index (κ3) is 2.92. The van der Waals surface area contributed by atoms with Gasteiger partial charge in [-0.25, -0.2) is 4.79 Å². The Labute approximate surface area is 124 Å². The molecule has 1 heterocycles. The molecular formula is C13H15BrN2O4. The number of rotatable bonds is 3. The molecule has 1 saturated heterocycles. The Balaban J connectivity index is 2.43. The Hall–Kier alpha value is -1.63. The zero-order chi connectivity index (χ0) is 14.9. The van der Waals surface area contributed by atoms with Crippen molar-refractivity contribution in [2.75, 3.05) is 11.4 Å². The zero-order valence-corrected chi connectivity index (χ0v) is 12.5. The molecule has 6 nitrogen and oxygen atoms in total. The molecule has 1 aliphatic rings. The summed E-state index contributed by atoms with van der Waals surface area (Å²) in [7, 11) is 0. The first kappa shape index (κ1) is 14.8. The van der Waals surface area contributed by atoms with E-state index >= 15 is 0 Å². The fraction of sp³-hybridized carbons (Fsp3) is 0.462. The van der Waals surface area contributed by atoms with Crippen LogP contribution in [0.15, 0.2) is 22.7 Å². The van der Waals surface area contributed by atoms with Crippen molar-refractivity contribution in [2.45, 2.75) is 25.8 Å². The Morgan fingerprint density at radius 1 is 1.55 bits per heavy atom. The molecule has 0 saturated carbocycles. The fourth-order valence-electron chi connectivity index (χ4n) is 2.55. The molecule has 108 valence electrons. The summed E-state index contributed by atoms with van der Waals surface area (Å²) < 4.78 is 0.602. The molecule has 0 bridgehead atoms. The Morgan fingerprint density at radius 3 is 2.85 bits per heavy atom. The number of nitro benzene ring substituents is 1. The molecule has 1 aromatic carbocycles. The van der Waals surface area contributed by atoms with Crippen molar-refractivity contribution in [3.8, 4) is 0 Å². The second kappa shape index (κ2) is 5.78. The van der Waals surface area contributed by atoms with E-state index in [2.05, 4.69) is 15.9 Å². The summed E-state index contributed by atoms with van der Waals surface area (Å²) in [4.78, 5) is 23.7. The first-order valence-corrected chi connectivity index (χ1v) is 7.13. The maximum atomic E-state index is 11.4. The predicted molar refractivity (Wildman–Crippen MR) is 78.0 cm³/mol. The number of halogens is 1. The normalized spacial score (nSPS) is 22.6. The monoisotopic (exact) mass is 342 g/mol. The minimum absolute atomic E-state index is 0.0693. The van der Waals surface area contributed by atoms with Crippen LogP contribution in [0.5, 0.6) is 0 Å². The SMILES string of the molecule is CC1CCN(c2ccc(Br)cc2[N+](=O)[O-])C(C(=O)O)C1. The van der Waals surface area contributed by atoms with Gasteiger partial charge in [-0.1, -0.05) is 22.9 Å². The van der Waals surface area contributed by atoms with Gasteiger partial charge in [0.25, 0.3) is 5.69 Å². The van der Waals surface area contributed by atoms with Crippen LogP contribution in [0.3, 0.4) is 0 Å². The second-order valence-electron chi connectivity index (χ2n) is 5.07. The van der Waals surface area contributed by atoms with Gasteiger partial charge in [0.2, 0.25) is 0 Å². The quantitative estimate of drug-likeness (QED) is 0.674. The topological polar surface area (TPSA) is 83.7 Å². The molecule has 0 aliphatic carbocycles. The van der Waals surface area contributed by atoms with E-state index in [1.807, 2.05) is 6.92 Å². The number of carboxylic acids is 1. The van der Waals surface area contributed by atoms with E-state index in [4.69, 9.17) is 0 Å². The highest BCUT2D eigenvalue weighted by molar-refractivity contribution is 9.10. The number of piperidine rings is 1. The van der Waals surface area contributed by atoms with E-state index in [0.717, 1.165) is 6.42 Å². The van der Waals surface area contributed by atoms with Crippen LogP contribution in [0.1, 0.15) is 19.8 Å². The van der Waals surface area contributed by atoms with E-state index in [1.54, 1.807) is 17.0 Å². The lowest BCUT2D eigenvalue weighted by molar-refractivity contribution is -0.384. The van der Waals surface area contributed by atoms with Gasteiger partial charge in [-0.15, -0.1) is 0 Å². The average molecular weight is 343 g/mol. The molecule has 1 aliphatic heterocycles. The van der Waals surface area contributed by atoms with Gasteiger partial charge in [0.15, 0.2) is 0 Å². The molecule has 1 aromatic rings. The summed E-state index contributed by atoms with van der Waals surface area (Å²) in [6.45, 7) is 2.52. The lowest BCUT2D eigenvalue weighted by atomic mass is 9.92. The standard InChI is InChI=1S/C13H15BrN2O4/c1-8-4-5-15(12(6-8)13(17)18)10-3-2-9(14)7-11(10)16(19)20/h2-3,7-8,12H,4-6H2,1H3,(H,17,18). The largest absolute Gasteiger partial charge is 0.480 e. The summed E-state index contributed by atoms with van der Waals surface area (Å²) in [5, 5.41) is 20.5. The van der Waals surface area contributed by atoms with Gasteiger partial charge in [-0.05, 0) is 30.9 Å². The lowest BCUT2D eigenvalue weighted by Crippen LogP contribution is -2.47. The van der Waals surface area contributed by atoms with E-state index in [9.17, 15) is 20.0 Å². The Morgan fingerprint density at radius 2 is 2.25 bits per heavy atom. The Kier molecular flexibility index (Phi) is 4.27. The van der Waals surface area contributed by atoms with E-state index in [0.29, 0.717) is 29.0 Å². The highest BCUT2D eigenvalue weighted by atomic mass is 79.9. The molecule has 0 aromatic heterocycles. The van der Waals surface area contributed by atoms with Crippen LogP contribution in [0, 0.1) is 16.0 Å². The molecule has 1 fully saturated rings. The Bertz CT molecular complexity index is 549. The van der Waals surface area contributed by atoms with Gasteiger partial charge in [0, 0.05) is 17.1 Å². The average Bonchev–Trinajstić information content (AvgIpc) is 2.38. The van der Waals surface area contributed by atoms with E-state index < -0.39 is 16.9 Å². The molecule has 2 rings (SSSR count). The number of anilines is 1. The number of nitrogens with zero attached hydrogens (tertiary/aromatic N) is 2. The van der Waals surface area contributed by atoms with Crippen LogP contribution in [0.2, 0.25) is 0 Å². The minimum Gasteiger partial charge on any atom is -0.480 e. The van der Waals surface area contributed by atoms with Crippen molar-refractivity contribution in [2.24, 2.45) is 5.92 Å². The number of benzene rings is 1. The van der Waals surface area contributed by atoms with Gasteiger partial charge in [0.1, 0.15) is 11.7 Å². The van der Waals surface area contributed by atoms with Crippen LogP contribution in [-0.4, -0.2) is 28.6 Å². The van der Waals surface area contributed by atoms with Gasteiger partial charge < -0.3 is 10.0 Å². The first-order chi connectivity index (χ1) is 9.40. The summed E-state index contributed by atoms with van der Waals surface area (Å²) in [6, 6.07) is 4.00. The number of hydrogen-bond acceptors (Lipinski definition) is 4. The maximum absolute atomic E-state index is 11.4. The van der Waals surface area contributed by atoms with Crippen LogP contribution in [0.25, 0.3) is 0 Å². The third-order valence-corrected chi connectivity index (χ3v) is 4.09. The number of hydrogen-bond donors (Lipinski definition) is 1. The van der Waals surface area contributed by atoms with Gasteiger partial charge in [0.05, 0.1) is 4.92 Å². The molecule has 1 N–H and O–H groups in total. The molecule has 2 atom stereocenters. The smallest absolute Gasteiger partial charge is 0.326 e.